The van der Waals surface area contributed by atoms with Gasteiger partial charge in [0.05, 0.1) is 4.90 Å². The molecular weight excluding hydrogens is 421 g/mol. The smallest absolute Gasteiger partial charge is 0.245 e. The molecule has 0 aromatic heterocycles. The van der Waals surface area contributed by atoms with Crippen LogP contribution in [0.1, 0.15) is 46.0 Å². The molecule has 1 saturated carbocycles. The Kier molecular flexibility index (Phi) is 7.69. The second-order valence-electron chi connectivity index (χ2n) is 8.75. The van der Waals surface area contributed by atoms with E-state index < -0.39 is 21.9 Å². The predicted molar refractivity (Wildman–Crippen MR) is 115 cm³/mol. The Labute approximate surface area is 184 Å². The van der Waals surface area contributed by atoms with Crippen LogP contribution in [0.5, 0.6) is 0 Å². The summed E-state index contributed by atoms with van der Waals surface area (Å²) in [6, 6.07) is 4.31. The van der Waals surface area contributed by atoms with Gasteiger partial charge in [0, 0.05) is 32.1 Å². The van der Waals surface area contributed by atoms with Crippen LogP contribution in [0.15, 0.2) is 29.2 Å². The number of nitrogens with one attached hydrogen (secondary N) is 1. The minimum absolute atomic E-state index is 0.0314. The first-order valence-electron chi connectivity index (χ1n) is 11.0. The average Bonchev–Trinajstić information content (AvgIpc) is 2.77. The van der Waals surface area contributed by atoms with Crippen LogP contribution in [0.2, 0.25) is 0 Å². The molecule has 1 aliphatic heterocycles. The van der Waals surface area contributed by atoms with Crippen molar-refractivity contribution in [1.82, 2.24) is 14.5 Å². The number of benzene rings is 1. The van der Waals surface area contributed by atoms with Crippen molar-refractivity contribution in [2.75, 3.05) is 26.2 Å². The summed E-state index contributed by atoms with van der Waals surface area (Å²) in [6.07, 6.45) is 4.96. The molecule has 1 heterocycles. The van der Waals surface area contributed by atoms with Crippen molar-refractivity contribution in [2.45, 2.75) is 56.9 Å². The molecule has 2 amide bonds. The number of hydrogen-bond donors (Lipinski definition) is 1. The molecule has 31 heavy (non-hydrogen) atoms. The number of rotatable bonds is 6. The van der Waals surface area contributed by atoms with E-state index in [1.165, 1.54) is 22.5 Å². The molecule has 2 fully saturated rings. The highest BCUT2D eigenvalue weighted by Crippen LogP contribution is 2.24. The predicted octanol–water partition coefficient (Wildman–Crippen LogP) is 2.38. The number of carbonyl (C=O) groups is 2. The highest BCUT2D eigenvalue weighted by molar-refractivity contribution is 7.89. The lowest BCUT2D eigenvalue weighted by atomic mass is 9.88. The Morgan fingerprint density at radius 3 is 2.29 bits per heavy atom. The van der Waals surface area contributed by atoms with Gasteiger partial charge in [-0.25, -0.2) is 12.8 Å². The molecule has 172 valence electrons. The first-order chi connectivity index (χ1) is 14.7. The fourth-order valence-electron chi connectivity index (χ4n) is 4.27. The molecule has 2 aliphatic rings. The average molecular weight is 454 g/mol. The van der Waals surface area contributed by atoms with Gasteiger partial charge in [-0.3, -0.25) is 9.59 Å². The van der Waals surface area contributed by atoms with Crippen molar-refractivity contribution < 1.29 is 22.4 Å². The van der Waals surface area contributed by atoms with Crippen LogP contribution in [0.25, 0.3) is 0 Å². The van der Waals surface area contributed by atoms with Crippen molar-refractivity contribution in [1.29, 1.82) is 0 Å². The molecule has 1 aromatic rings. The molecule has 0 unspecified atom stereocenters. The third kappa shape index (κ3) is 5.63. The lowest BCUT2D eigenvalue weighted by Gasteiger charge is -2.37. The molecule has 0 radical (unpaired) electrons. The molecule has 1 saturated heterocycles. The van der Waals surface area contributed by atoms with E-state index in [9.17, 15) is 22.4 Å². The van der Waals surface area contributed by atoms with E-state index in [1.54, 1.807) is 4.90 Å². The maximum absolute atomic E-state index is 13.5. The number of amides is 2. The topological polar surface area (TPSA) is 86.8 Å². The summed E-state index contributed by atoms with van der Waals surface area (Å²) in [7, 11) is -3.82. The Morgan fingerprint density at radius 1 is 1.06 bits per heavy atom. The minimum Gasteiger partial charge on any atom is -0.344 e. The number of carbonyl (C=O) groups excluding carboxylic acids is 2. The zero-order valence-corrected chi connectivity index (χ0v) is 19.0. The van der Waals surface area contributed by atoms with Gasteiger partial charge in [-0.2, -0.15) is 4.31 Å². The molecule has 0 bridgehead atoms. The van der Waals surface area contributed by atoms with Crippen LogP contribution in [-0.2, 0) is 19.6 Å². The Bertz CT molecular complexity index is 892. The Balaban J connectivity index is 1.61. The molecule has 1 aromatic carbocycles. The maximum Gasteiger partial charge on any atom is 0.245 e. The summed E-state index contributed by atoms with van der Waals surface area (Å²) in [4.78, 5) is 27.3. The van der Waals surface area contributed by atoms with Gasteiger partial charge in [0.25, 0.3) is 0 Å². The molecule has 1 aliphatic carbocycles. The summed E-state index contributed by atoms with van der Waals surface area (Å²) < 4.78 is 40.3. The van der Waals surface area contributed by atoms with Gasteiger partial charge in [-0.1, -0.05) is 39.2 Å². The number of hydrogen-bond acceptors (Lipinski definition) is 4. The van der Waals surface area contributed by atoms with Gasteiger partial charge in [-0.05, 0) is 37.0 Å². The standard InChI is InChI=1S/C22H32FN3O4S/c1-16(2)20(24-21(27)17-7-4-3-5-8-17)22(28)25-11-13-26(14-12-25)31(29,30)19-10-6-9-18(23)15-19/h6,9-10,15-17,20H,3-5,7-8,11-14H2,1-2H3,(H,24,27)/t20-/m1/s1. The lowest BCUT2D eigenvalue weighted by Crippen LogP contribution is -2.57. The first kappa shape index (κ1) is 23.7. The molecule has 7 nitrogen and oxygen atoms in total. The van der Waals surface area contributed by atoms with Gasteiger partial charge in [0.2, 0.25) is 21.8 Å². The van der Waals surface area contributed by atoms with E-state index in [-0.39, 0.29) is 54.7 Å². The van der Waals surface area contributed by atoms with Crippen LogP contribution in [0.4, 0.5) is 4.39 Å². The van der Waals surface area contributed by atoms with E-state index in [2.05, 4.69) is 5.32 Å². The third-order valence-corrected chi connectivity index (χ3v) is 8.09. The van der Waals surface area contributed by atoms with Crippen molar-refractivity contribution in [2.24, 2.45) is 11.8 Å². The van der Waals surface area contributed by atoms with Crippen LogP contribution in [-0.4, -0.2) is 61.7 Å². The normalized spacial score (nSPS) is 19.9. The van der Waals surface area contributed by atoms with Crippen molar-refractivity contribution in [3.8, 4) is 0 Å². The van der Waals surface area contributed by atoms with Gasteiger partial charge in [0.15, 0.2) is 0 Å². The lowest BCUT2D eigenvalue weighted by molar-refractivity contribution is -0.139. The molecule has 1 N–H and O–H groups in total. The summed E-state index contributed by atoms with van der Waals surface area (Å²) in [6.45, 7) is 4.52. The summed E-state index contributed by atoms with van der Waals surface area (Å²) >= 11 is 0. The summed E-state index contributed by atoms with van der Waals surface area (Å²) in [5.74, 6) is -0.949. The second kappa shape index (κ2) is 10.1. The summed E-state index contributed by atoms with van der Waals surface area (Å²) in [5, 5.41) is 2.95. The zero-order valence-electron chi connectivity index (χ0n) is 18.2. The van der Waals surface area contributed by atoms with Gasteiger partial charge in [0.1, 0.15) is 11.9 Å². The van der Waals surface area contributed by atoms with Gasteiger partial charge < -0.3 is 10.2 Å². The molecule has 3 rings (SSSR count). The number of sulfonamides is 1. The molecular formula is C22H32FN3O4S. The summed E-state index contributed by atoms with van der Waals surface area (Å²) in [5.41, 5.74) is 0. The number of nitrogens with zero attached hydrogens (tertiary/aromatic N) is 2. The largest absolute Gasteiger partial charge is 0.344 e. The fraction of sp³-hybridized carbons (Fsp3) is 0.636. The maximum atomic E-state index is 13.5. The molecule has 1 atom stereocenters. The van der Waals surface area contributed by atoms with Crippen LogP contribution in [0.3, 0.4) is 0 Å². The van der Waals surface area contributed by atoms with Crippen LogP contribution >= 0.6 is 0 Å². The first-order valence-corrected chi connectivity index (χ1v) is 12.5. The van der Waals surface area contributed by atoms with Gasteiger partial charge >= 0.3 is 0 Å². The fourth-order valence-corrected chi connectivity index (χ4v) is 5.73. The minimum atomic E-state index is -3.82. The van der Waals surface area contributed by atoms with Crippen molar-refractivity contribution in [3.63, 3.8) is 0 Å². The SMILES string of the molecule is CC(C)[C@@H](NC(=O)C1CCCCC1)C(=O)N1CCN(S(=O)(=O)c2cccc(F)c2)CC1. The quantitative estimate of drug-likeness (QED) is 0.717. The third-order valence-electron chi connectivity index (χ3n) is 6.19. The number of halogens is 1. The monoisotopic (exact) mass is 453 g/mol. The highest BCUT2D eigenvalue weighted by atomic mass is 32.2. The van der Waals surface area contributed by atoms with E-state index in [4.69, 9.17) is 0 Å². The molecule has 9 heteroatoms. The van der Waals surface area contributed by atoms with E-state index in [1.807, 2.05) is 13.8 Å². The van der Waals surface area contributed by atoms with Crippen LogP contribution in [0, 0.1) is 17.7 Å². The second-order valence-corrected chi connectivity index (χ2v) is 10.7. The van der Waals surface area contributed by atoms with Crippen molar-refractivity contribution in [3.05, 3.63) is 30.1 Å². The Morgan fingerprint density at radius 2 is 1.71 bits per heavy atom. The Hall–Kier alpha value is -2.00. The van der Waals surface area contributed by atoms with E-state index in [0.717, 1.165) is 38.2 Å². The zero-order chi connectivity index (χ0) is 22.6. The van der Waals surface area contributed by atoms with Crippen molar-refractivity contribution >= 4 is 21.8 Å². The van der Waals surface area contributed by atoms with Gasteiger partial charge in [-0.15, -0.1) is 0 Å². The van der Waals surface area contributed by atoms with E-state index in [0.29, 0.717) is 0 Å². The van der Waals surface area contributed by atoms with Crippen LogP contribution < -0.4 is 5.32 Å². The van der Waals surface area contributed by atoms with E-state index >= 15 is 0 Å². The highest BCUT2D eigenvalue weighted by Gasteiger charge is 2.35. The number of piperazine rings is 1. The molecule has 0 spiro atoms.